The van der Waals surface area contributed by atoms with E-state index in [1.165, 1.54) is 4.90 Å². The smallest absolute Gasteiger partial charge is 0.335 e. The Morgan fingerprint density at radius 2 is 1.78 bits per heavy atom. The van der Waals surface area contributed by atoms with Gasteiger partial charge >= 0.3 is 5.97 Å². The summed E-state index contributed by atoms with van der Waals surface area (Å²) in [7, 11) is 0. The van der Waals surface area contributed by atoms with E-state index in [-0.39, 0.29) is 0 Å². The number of carbonyl (C=O) groups is 1. The zero-order valence-corrected chi connectivity index (χ0v) is 11.1. The molecule has 0 aliphatic rings. The highest BCUT2D eigenvalue weighted by Crippen LogP contribution is 2.26. The largest absolute Gasteiger partial charge is 0.478 e. The molecule has 2 aromatic carbocycles. The molecular weight excluding hydrogens is 244 g/mol. The van der Waals surface area contributed by atoms with Crippen LogP contribution in [0.1, 0.15) is 15.9 Å². The van der Waals surface area contributed by atoms with Gasteiger partial charge in [0.05, 0.1) is 5.56 Å². The van der Waals surface area contributed by atoms with Gasteiger partial charge in [0.1, 0.15) is 0 Å². The summed E-state index contributed by atoms with van der Waals surface area (Å²) < 4.78 is 0. The van der Waals surface area contributed by atoms with E-state index in [2.05, 4.69) is 0 Å². The zero-order chi connectivity index (χ0) is 13.1. The summed E-state index contributed by atoms with van der Waals surface area (Å²) in [6, 6.07) is 13.4. The number of hydrogen-bond acceptors (Lipinski definition) is 2. The number of rotatable bonds is 3. The summed E-state index contributed by atoms with van der Waals surface area (Å²) in [5, 5.41) is 9.03. The van der Waals surface area contributed by atoms with Crippen molar-refractivity contribution in [1.29, 1.82) is 0 Å². The molecule has 3 heteroatoms. The molecule has 0 spiro atoms. The SMILES string of the molecule is CSc1ccc(-c2cc(C(=O)O)ccc2C)cc1. The van der Waals surface area contributed by atoms with Crippen LogP contribution in [0.2, 0.25) is 0 Å². The highest BCUT2D eigenvalue weighted by atomic mass is 32.2. The third-order valence-electron chi connectivity index (χ3n) is 2.89. The number of carboxylic acids is 1. The average Bonchev–Trinajstić information content (AvgIpc) is 2.39. The van der Waals surface area contributed by atoms with Crippen molar-refractivity contribution in [2.45, 2.75) is 11.8 Å². The van der Waals surface area contributed by atoms with Crippen molar-refractivity contribution >= 4 is 17.7 Å². The first kappa shape index (κ1) is 12.7. The lowest BCUT2D eigenvalue weighted by molar-refractivity contribution is 0.0697. The zero-order valence-electron chi connectivity index (χ0n) is 10.3. The first-order valence-electron chi connectivity index (χ1n) is 5.60. The van der Waals surface area contributed by atoms with E-state index in [9.17, 15) is 4.79 Å². The van der Waals surface area contributed by atoms with Gasteiger partial charge in [-0.3, -0.25) is 0 Å². The van der Waals surface area contributed by atoms with Gasteiger partial charge in [-0.1, -0.05) is 18.2 Å². The van der Waals surface area contributed by atoms with Crippen LogP contribution in [0.3, 0.4) is 0 Å². The molecule has 0 radical (unpaired) electrons. The molecule has 2 nitrogen and oxygen atoms in total. The van der Waals surface area contributed by atoms with E-state index in [1.54, 1.807) is 23.9 Å². The number of benzene rings is 2. The Balaban J connectivity index is 2.48. The van der Waals surface area contributed by atoms with Crippen LogP contribution in [0.4, 0.5) is 0 Å². The van der Waals surface area contributed by atoms with Gasteiger partial charge in [0.25, 0.3) is 0 Å². The van der Waals surface area contributed by atoms with Gasteiger partial charge in [0, 0.05) is 4.90 Å². The van der Waals surface area contributed by atoms with Crippen LogP contribution in [-0.2, 0) is 0 Å². The second kappa shape index (κ2) is 5.27. The topological polar surface area (TPSA) is 37.3 Å². The third kappa shape index (κ3) is 2.57. The van der Waals surface area contributed by atoms with Crippen LogP contribution in [0.15, 0.2) is 47.4 Å². The Morgan fingerprint density at radius 3 is 2.33 bits per heavy atom. The molecule has 0 aliphatic heterocycles. The Morgan fingerprint density at radius 1 is 1.11 bits per heavy atom. The maximum Gasteiger partial charge on any atom is 0.335 e. The molecule has 0 heterocycles. The lowest BCUT2D eigenvalue weighted by atomic mass is 9.98. The van der Waals surface area contributed by atoms with E-state index >= 15 is 0 Å². The Hall–Kier alpha value is -1.74. The summed E-state index contributed by atoms with van der Waals surface area (Å²) in [5.41, 5.74) is 3.43. The highest BCUT2D eigenvalue weighted by Gasteiger charge is 2.07. The standard InChI is InChI=1S/C15H14O2S/c1-10-3-4-12(15(16)17)9-14(10)11-5-7-13(18-2)8-6-11/h3-9H,1-2H3,(H,16,17). The minimum Gasteiger partial charge on any atom is -0.478 e. The van der Waals surface area contributed by atoms with Crippen LogP contribution >= 0.6 is 11.8 Å². The molecule has 0 atom stereocenters. The van der Waals surface area contributed by atoms with Crippen molar-refractivity contribution in [3.63, 3.8) is 0 Å². The van der Waals surface area contributed by atoms with Gasteiger partial charge in [0.2, 0.25) is 0 Å². The summed E-state index contributed by atoms with van der Waals surface area (Å²) in [6.07, 6.45) is 2.03. The van der Waals surface area contributed by atoms with E-state index < -0.39 is 5.97 Å². The number of aromatic carboxylic acids is 1. The van der Waals surface area contributed by atoms with Crippen molar-refractivity contribution in [2.75, 3.05) is 6.26 Å². The van der Waals surface area contributed by atoms with Gasteiger partial charge in [0.15, 0.2) is 0 Å². The van der Waals surface area contributed by atoms with Crippen molar-refractivity contribution < 1.29 is 9.90 Å². The predicted octanol–water partition coefficient (Wildman–Crippen LogP) is 4.08. The van der Waals surface area contributed by atoms with Gasteiger partial charge in [-0.2, -0.15) is 0 Å². The van der Waals surface area contributed by atoms with E-state index in [1.807, 2.05) is 43.5 Å². The maximum absolute atomic E-state index is 11.0. The molecule has 0 amide bonds. The molecule has 0 fully saturated rings. The van der Waals surface area contributed by atoms with Gasteiger partial charge in [-0.25, -0.2) is 4.79 Å². The normalized spacial score (nSPS) is 10.3. The molecule has 92 valence electrons. The van der Waals surface area contributed by atoms with Crippen LogP contribution in [0, 0.1) is 6.92 Å². The fraction of sp³-hybridized carbons (Fsp3) is 0.133. The van der Waals surface area contributed by atoms with E-state index in [4.69, 9.17) is 5.11 Å². The summed E-state index contributed by atoms with van der Waals surface area (Å²) in [6.45, 7) is 1.99. The molecule has 2 aromatic rings. The number of aryl methyl sites for hydroxylation is 1. The Labute approximate surface area is 111 Å². The Bertz CT molecular complexity index is 574. The second-order valence-corrected chi connectivity index (χ2v) is 4.94. The molecule has 1 N–H and O–H groups in total. The van der Waals surface area contributed by atoms with Crippen molar-refractivity contribution in [3.8, 4) is 11.1 Å². The van der Waals surface area contributed by atoms with Crippen LogP contribution in [-0.4, -0.2) is 17.3 Å². The van der Waals surface area contributed by atoms with Gasteiger partial charge < -0.3 is 5.11 Å². The monoisotopic (exact) mass is 258 g/mol. The lowest BCUT2D eigenvalue weighted by Crippen LogP contribution is -1.97. The highest BCUT2D eigenvalue weighted by molar-refractivity contribution is 7.98. The summed E-state index contributed by atoms with van der Waals surface area (Å²) in [4.78, 5) is 12.2. The third-order valence-corrected chi connectivity index (χ3v) is 3.63. The second-order valence-electron chi connectivity index (χ2n) is 4.06. The Kier molecular flexibility index (Phi) is 3.72. The number of thioether (sulfide) groups is 1. The van der Waals surface area contributed by atoms with Gasteiger partial charge in [-0.15, -0.1) is 11.8 Å². The quantitative estimate of drug-likeness (QED) is 0.843. The van der Waals surface area contributed by atoms with Crippen LogP contribution < -0.4 is 0 Å². The molecule has 2 rings (SSSR count). The molecule has 0 aromatic heterocycles. The number of hydrogen-bond donors (Lipinski definition) is 1. The van der Waals surface area contributed by atoms with E-state index in [0.717, 1.165) is 16.7 Å². The minimum atomic E-state index is -0.892. The molecule has 0 unspecified atom stereocenters. The maximum atomic E-state index is 11.0. The molecule has 0 aliphatic carbocycles. The molecule has 18 heavy (non-hydrogen) atoms. The average molecular weight is 258 g/mol. The molecular formula is C15H14O2S. The number of carboxylic acid groups (broad SMARTS) is 1. The lowest BCUT2D eigenvalue weighted by Gasteiger charge is -2.08. The predicted molar refractivity (Wildman–Crippen MR) is 75.4 cm³/mol. The van der Waals surface area contributed by atoms with E-state index in [0.29, 0.717) is 5.56 Å². The fourth-order valence-corrected chi connectivity index (χ4v) is 2.24. The fourth-order valence-electron chi connectivity index (χ4n) is 1.84. The summed E-state index contributed by atoms with van der Waals surface area (Å²) in [5.74, 6) is -0.892. The van der Waals surface area contributed by atoms with Crippen molar-refractivity contribution in [1.82, 2.24) is 0 Å². The van der Waals surface area contributed by atoms with Crippen LogP contribution in [0.5, 0.6) is 0 Å². The first-order valence-corrected chi connectivity index (χ1v) is 6.82. The minimum absolute atomic E-state index is 0.324. The summed E-state index contributed by atoms with van der Waals surface area (Å²) >= 11 is 1.69. The molecule has 0 saturated heterocycles. The van der Waals surface area contributed by atoms with Crippen molar-refractivity contribution in [3.05, 3.63) is 53.6 Å². The van der Waals surface area contributed by atoms with Crippen LogP contribution in [0.25, 0.3) is 11.1 Å². The van der Waals surface area contributed by atoms with Gasteiger partial charge in [-0.05, 0) is 54.1 Å². The van der Waals surface area contributed by atoms with Crippen molar-refractivity contribution in [2.24, 2.45) is 0 Å². The molecule has 0 bridgehead atoms. The first-order chi connectivity index (χ1) is 8.61. The molecule has 0 saturated carbocycles.